The van der Waals surface area contributed by atoms with E-state index < -0.39 is 0 Å². The van der Waals surface area contributed by atoms with E-state index in [1.165, 1.54) is 0 Å². The van der Waals surface area contributed by atoms with Crippen molar-refractivity contribution in [2.75, 3.05) is 38.0 Å². The van der Waals surface area contributed by atoms with Gasteiger partial charge >= 0.3 is 0 Å². The lowest BCUT2D eigenvalue weighted by atomic mass is 10.1. The van der Waals surface area contributed by atoms with Crippen molar-refractivity contribution in [1.29, 1.82) is 0 Å². The summed E-state index contributed by atoms with van der Waals surface area (Å²) >= 11 is 0. The fraction of sp³-hybridized carbons (Fsp3) is 0.533. The van der Waals surface area contributed by atoms with E-state index in [-0.39, 0.29) is 5.91 Å². The van der Waals surface area contributed by atoms with Gasteiger partial charge in [-0.3, -0.25) is 9.69 Å². The molecule has 0 spiro atoms. The normalized spacial score (nSPS) is 16.9. The molecule has 0 radical (unpaired) electrons. The number of nitrogens with one attached hydrogen (secondary N) is 2. The summed E-state index contributed by atoms with van der Waals surface area (Å²) in [5.41, 5.74) is 3.19. The smallest absolute Gasteiger partial charge is 0.238 e. The van der Waals surface area contributed by atoms with Crippen LogP contribution in [0.2, 0.25) is 0 Å². The van der Waals surface area contributed by atoms with Crippen LogP contribution in [-0.4, -0.2) is 43.5 Å². The molecule has 1 fully saturated rings. The molecular formula is C15H23N3O. The molecule has 4 nitrogen and oxygen atoms in total. The van der Waals surface area contributed by atoms with Crippen LogP contribution in [0.1, 0.15) is 17.5 Å². The Morgan fingerprint density at radius 2 is 2.00 bits per heavy atom. The fourth-order valence-corrected chi connectivity index (χ4v) is 2.45. The largest absolute Gasteiger partial charge is 0.324 e. The van der Waals surface area contributed by atoms with Crippen molar-refractivity contribution in [1.82, 2.24) is 10.2 Å². The minimum atomic E-state index is 0.0827. The van der Waals surface area contributed by atoms with Crippen LogP contribution in [0.5, 0.6) is 0 Å². The molecule has 0 atom stereocenters. The monoisotopic (exact) mass is 261 g/mol. The maximum Gasteiger partial charge on any atom is 0.238 e. The molecule has 1 amide bonds. The van der Waals surface area contributed by atoms with Crippen molar-refractivity contribution in [2.24, 2.45) is 0 Å². The quantitative estimate of drug-likeness (QED) is 0.867. The Kier molecular flexibility index (Phi) is 4.93. The first-order chi connectivity index (χ1) is 9.16. The second-order valence-corrected chi connectivity index (χ2v) is 5.19. The number of anilines is 1. The van der Waals surface area contributed by atoms with Crippen molar-refractivity contribution < 1.29 is 4.79 Å². The molecule has 1 aromatic carbocycles. The van der Waals surface area contributed by atoms with E-state index in [0.717, 1.165) is 49.4 Å². The number of nitrogens with zero attached hydrogens (tertiary/aromatic N) is 1. The third-order valence-electron chi connectivity index (χ3n) is 3.55. The van der Waals surface area contributed by atoms with Gasteiger partial charge in [0.25, 0.3) is 0 Å². The highest BCUT2D eigenvalue weighted by molar-refractivity contribution is 5.93. The van der Waals surface area contributed by atoms with Gasteiger partial charge in [0.15, 0.2) is 0 Å². The maximum absolute atomic E-state index is 12.1. The number of aryl methyl sites for hydroxylation is 2. The summed E-state index contributed by atoms with van der Waals surface area (Å²) in [4.78, 5) is 14.3. The predicted octanol–water partition coefficient (Wildman–Crippen LogP) is 1.54. The molecule has 4 heteroatoms. The lowest BCUT2D eigenvalue weighted by molar-refractivity contribution is -0.117. The van der Waals surface area contributed by atoms with Gasteiger partial charge in [0, 0.05) is 18.8 Å². The number of hydrogen-bond donors (Lipinski definition) is 2. The van der Waals surface area contributed by atoms with Crippen LogP contribution >= 0.6 is 0 Å². The molecule has 0 aliphatic carbocycles. The summed E-state index contributed by atoms with van der Waals surface area (Å²) in [5, 5.41) is 6.39. The summed E-state index contributed by atoms with van der Waals surface area (Å²) in [5.74, 6) is 0.0827. The van der Waals surface area contributed by atoms with Gasteiger partial charge in [0.1, 0.15) is 0 Å². The molecule has 2 rings (SSSR count). The molecule has 0 saturated carbocycles. The average Bonchev–Trinajstić information content (AvgIpc) is 2.63. The summed E-state index contributed by atoms with van der Waals surface area (Å²) in [6.45, 7) is 8.49. The first kappa shape index (κ1) is 14.0. The molecule has 0 bridgehead atoms. The van der Waals surface area contributed by atoms with Gasteiger partial charge < -0.3 is 10.6 Å². The highest BCUT2D eigenvalue weighted by Crippen LogP contribution is 2.19. The third kappa shape index (κ3) is 4.04. The van der Waals surface area contributed by atoms with Crippen LogP contribution in [0.3, 0.4) is 0 Å². The molecule has 1 aromatic rings. The Balaban J connectivity index is 1.93. The minimum Gasteiger partial charge on any atom is -0.324 e. The van der Waals surface area contributed by atoms with Crippen molar-refractivity contribution in [3.63, 3.8) is 0 Å². The molecule has 1 aliphatic rings. The van der Waals surface area contributed by atoms with E-state index in [2.05, 4.69) is 15.5 Å². The zero-order valence-electron chi connectivity index (χ0n) is 11.8. The highest BCUT2D eigenvalue weighted by atomic mass is 16.2. The fourth-order valence-electron chi connectivity index (χ4n) is 2.45. The zero-order chi connectivity index (χ0) is 13.7. The molecule has 1 saturated heterocycles. The molecule has 0 aromatic heterocycles. The summed E-state index contributed by atoms with van der Waals surface area (Å²) in [6, 6.07) is 6.07. The number of amides is 1. The Bertz CT molecular complexity index is 417. The second kappa shape index (κ2) is 6.68. The Morgan fingerprint density at radius 3 is 2.74 bits per heavy atom. The molecule has 1 aliphatic heterocycles. The molecule has 19 heavy (non-hydrogen) atoms. The number of carbonyl (C=O) groups is 1. The van der Waals surface area contributed by atoms with E-state index in [4.69, 9.17) is 0 Å². The van der Waals surface area contributed by atoms with Gasteiger partial charge in [0.05, 0.1) is 6.54 Å². The van der Waals surface area contributed by atoms with Crippen LogP contribution in [0.25, 0.3) is 0 Å². The summed E-state index contributed by atoms with van der Waals surface area (Å²) in [7, 11) is 0. The van der Waals surface area contributed by atoms with Crippen LogP contribution < -0.4 is 10.6 Å². The maximum atomic E-state index is 12.1. The first-order valence-electron chi connectivity index (χ1n) is 6.96. The number of carbonyl (C=O) groups excluding carboxylic acids is 1. The van der Waals surface area contributed by atoms with Gasteiger partial charge in [-0.25, -0.2) is 0 Å². The van der Waals surface area contributed by atoms with Crippen LogP contribution in [0.4, 0.5) is 5.69 Å². The van der Waals surface area contributed by atoms with Crippen molar-refractivity contribution >= 4 is 11.6 Å². The summed E-state index contributed by atoms with van der Waals surface area (Å²) < 4.78 is 0. The number of rotatable bonds is 3. The summed E-state index contributed by atoms with van der Waals surface area (Å²) in [6.07, 6.45) is 1.11. The van der Waals surface area contributed by atoms with Crippen molar-refractivity contribution in [3.05, 3.63) is 29.3 Å². The van der Waals surface area contributed by atoms with Gasteiger partial charge in [0.2, 0.25) is 5.91 Å². The minimum absolute atomic E-state index is 0.0827. The van der Waals surface area contributed by atoms with Crippen LogP contribution in [0.15, 0.2) is 18.2 Å². The van der Waals surface area contributed by atoms with Crippen LogP contribution in [-0.2, 0) is 4.79 Å². The molecule has 104 valence electrons. The lowest BCUT2D eigenvalue weighted by Gasteiger charge is -2.19. The van der Waals surface area contributed by atoms with Gasteiger partial charge in [-0.05, 0) is 44.5 Å². The highest BCUT2D eigenvalue weighted by Gasteiger charge is 2.13. The molecule has 0 unspecified atom stereocenters. The van der Waals surface area contributed by atoms with E-state index in [1.807, 2.05) is 32.0 Å². The second-order valence-electron chi connectivity index (χ2n) is 5.19. The van der Waals surface area contributed by atoms with Gasteiger partial charge in [-0.2, -0.15) is 0 Å². The van der Waals surface area contributed by atoms with E-state index in [9.17, 15) is 4.79 Å². The molecular weight excluding hydrogens is 238 g/mol. The Morgan fingerprint density at radius 1 is 1.26 bits per heavy atom. The van der Waals surface area contributed by atoms with Crippen LogP contribution in [0, 0.1) is 13.8 Å². The molecule has 1 heterocycles. The topological polar surface area (TPSA) is 44.4 Å². The van der Waals surface area contributed by atoms with Crippen molar-refractivity contribution in [3.8, 4) is 0 Å². The lowest BCUT2D eigenvalue weighted by Crippen LogP contribution is -2.35. The SMILES string of the molecule is Cc1cccc(C)c1NC(=O)CN1CCCNCC1. The Labute approximate surface area is 115 Å². The standard InChI is InChI=1S/C15H23N3O/c1-12-5-3-6-13(2)15(12)17-14(19)11-18-9-4-7-16-8-10-18/h3,5-6,16H,4,7-11H2,1-2H3,(H,17,19). The van der Waals surface area contributed by atoms with E-state index in [0.29, 0.717) is 6.54 Å². The van der Waals surface area contributed by atoms with Gasteiger partial charge in [-0.1, -0.05) is 18.2 Å². The van der Waals surface area contributed by atoms with E-state index >= 15 is 0 Å². The molecule has 2 N–H and O–H groups in total. The first-order valence-corrected chi connectivity index (χ1v) is 6.96. The Hall–Kier alpha value is -1.39. The number of para-hydroxylation sites is 1. The number of benzene rings is 1. The average molecular weight is 261 g/mol. The zero-order valence-corrected chi connectivity index (χ0v) is 11.8. The number of hydrogen-bond acceptors (Lipinski definition) is 3. The predicted molar refractivity (Wildman–Crippen MR) is 78.5 cm³/mol. The van der Waals surface area contributed by atoms with Gasteiger partial charge in [-0.15, -0.1) is 0 Å². The van der Waals surface area contributed by atoms with E-state index in [1.54, 1.807) is 0 Å². The van der Waals surface area contributed by atoms with Crippen molar-refractivity contribution in [2.45, 2.75) is 20.3 Å². The third-order valence-corrected chi connectivity index (χ3v) is 3.55.